The average molecular weight is 416 g/mol. The molecule has 1 saturated carbocycles. The van der Waals surface area contributed by atoms with Crippen LogP contribution in [0.3, 0.4) is 0 Å². The van der Waals surface area contributed by atoms with Gasteiger partial charge in [-0.15, -0.1) is 5.10 Å². The Kier molecular flexibility index (Phi) is 4.91. The molecular weight excluding hydrogens is 396 g/mol. The fourth-order valence-corrected chi connectivity index (χ4v) is 3.36. The second kappa shape index (κ2) is 8.02. The normalized spacial score (nSPS) is 13.3. The number of rotatable bonds is 7. The largest absolute Gasteiger partial charge is 0.454 e. The molecule has 1 amide bonds. The molecule has 1 fully saturated rings. The summed E-state index contributed by atoms with van der Waals surface area (Å²) in [6.45, 7) is -0.522. The lowest BCUT2D eigenvalue weighted by Crippen LogP contribution is -2.24. The number of amides is 1. The van der Waals surface area contributed by atoms with Crippen molar-refractivity contribution in [2.75, 3.05) is 11.9 Å². The second-order valence-electron chi connectivity index (χ2n) is 7.42. The van der Waals surface area contributed by atoms with Gasteiger partial charge in [-0.1, -0.05) is 35.5 Å². The van der Waals surface area contributed by atoms with Crippen LogP contribution in [0.1, 0.15) is 24.5 Å². The number of aromatic nitrogens is 5. The van der Waals surface area contributed by atoms with Gasteiger partial charge in [-0.25, -0.2) is 9.36 Å². The van der Waals surface area contributed by atoms with Crippen molar-refractivity contribution in [2.24, 2.45) is 0 Å². The Labute approximate surface area is 177 Å². The third kappa shape index (κ3) is 4.16. The average Bonchev–Trinajstić information content (AvgIpc) is 3.45. The van der Waals surface area contributed by atoms with Crippen molar-refractivity contribution in [3.63, 3.8) is 0 Å². The van der Waals surface area contributed by atoms with Crippen LogP contribution in [-0.2, 0) is 20.9 Å². The van der Waals surface area contributed by atoms with Crippen LogP contribution >= 0.6 is 0 Å². The van der Waals surface area contributed by atoms with Crippen molar-refractivity contribution in [2.45, 2.75) is 25.3 Å². The number of hydrogen-bond donors (Lipinski definition) is 1. The summed E-state index contributed by atoms with van der Waals surface area (Å²) in [5, 5.41) is 15.4. The van der Waals surface area contributed by atoms with E-state index in [1.54, 1.807) is 4.68 Å². The third-order valence-corrected chi connectivity index (χ3v) is 5.06. The highest BCUT2D eigenvalue weighted by atomic mass is 16.5. The number of fused-ring (bicyclic) bond motifs is 1. The van der Waals surface area contributed by atoms with Gasteiger partial charge in [0, 0.05) is 12.0 Å². The number of carbonyl (C=O) groups excluding carboxylic acids is 2. The summed E-state index contributed by atoms with van der Waals surface area (Å²) in [4.78, 5) is 24.6. The minimum absolute atomic E-state index is 0.123. The summed E-state index contributed by atoms with van der Waals surface area (Å²) in [5.41, 5.74) is 3.21. The number of nitrogens with one attached hydrogen (secondary N) is 1. The number of nitrogens with zero attached hydrogens (tertiary/aromatic N) is 5. The number of esters is 1. The second-order valence-corrected chi connectivity index (χ2v) is 7.42. The van der Waals surface area contributed by atoms with Gasteiger partial charge in [-0.05, 0) is 37.1 Å². The number of carbonyl (C=O) groups is 2. The molecule has 1 aliphatic rings. The SMILES string of the molecule is O=C(COC(=O)Cn1nnc2ccccc21)Nc1cc(C2CC2)nn1-c1ccccc1. The van der Waals surface area contributed by atoms with Crippen LogP contribution in [0, 0.1) is 0 Å². The molecule has 9 nitrogen and oxygen atoms in total. The molecule has 5 rings (SSSR count). The molecule has 9 heteroatoms. The molecule has 0 unspecified atom stereocenters. The summed E-state index contributed by atoms with van der Waals surface area (Å²) in [7, 11) is 0. The molecule has 1 aliphatic carbocycles. The molecule has 0 radical (unpaired) electrons. The maximum Gasteiger partial charge on any atom is 0.328 e. The van der Waals surface area contributed by atoms with Gasteiger partial charge in [-0.3, -0.25) is 9.59 Å². The highest BCUT2D eigenvalue weighted by Crippen LogP contribution is 2.40. The van der Waals surface area contributed by atoms with Crippen molar-refractivity contribution in [3.05, 3.63) is 66.4 Å². The van der Waals surface area contributed by atoms with E-state index in [4.69, 9.17) is 4.74 Å². The van der Waals surface area contributed by atoms with Gasteiger partial charge in [0.1, 0.15) is 17.9 Å². The van der Waals surface area contributed by atoms with E-state index >= 15 is 0 Å². The van der Waals surface area contributed by atoms with Gasteiger partial charge >= 0.3 is 5.97 Å². The summed E-state index contributed by atoms with van der Waals surface area (Å²) >= 11 is 0. The highest BCUT2D eigenvalue weighted by molar-refractivity contribution is 5.92. The molecule has 156 valence electrons. The molecular formula is C22H20N6O3. The Morgan fingerprint density at radius 3 is 2.65 bits per heavy atom. The molecule has 0 bridgehead atoms. The lowest BCUT2D eigenvalue weighted by Gasteiger charge is -2.09. The van der Waals surface area contributed by atoms with Crippen LogP contribution in [0.2, 0.25) is 0 Å². The zero-order valence-electron chi connectivity index (χ0n) is 16.6. The molecule has 31 heavy (non-hydrogen) atoms. The minimum atomic E-state index is -0.568. The molecule has 2 aromatic heterocycles. The van der Waals surface area contributed by atoms with Crippen LogP contribution in [0.15, 0.2) is 60.7 Å². The Bertz CT molecular complexity index is 1240. The maximum atomic E-state index is 12.4. The standard InChI is InChI=1S/C22H20N6O3/c29-21(14-31-22(30)13-27-19-9-5-4-8-17(19)24-26-27)23-20-12-18(15-10-11-15)25-28(20)16-6-2-1-3-7-16/h1-9,12,15H,10-11,13-14H2,(H,23,29). The van der Waals surface area contributed by atoms with E-state index in [0.717, 1.165) is 29.7 Å². The van der Waals surface area contributed by atoms with Crippen LogP contribution in [0.4, 0.5) is 5.82 Å². The Balaban J connectivity index is 1.23. The fraction of sp³-hybridized carbons (Fsp3) is 0.227. The number of hydrogen-bond acceptors (Lipinski definition) is 6. The van der Waals surface area contributed by atoms with Crippen molar-refractivity contribution in [1.82, 2.24) is 24.8 Å². The molecule has 0 aliphatic heterocycles. The summed E-state index contributed by atoms with van der Waals surface area (Å²) in [5.74, 6) is -0.00960. The minimum Gasteiger partial charge on any atom is -0.454 e. The summed E-state index contributed by atoms with van der Waals surface area (Å²) in [6, 6.07) is 18.8. The first-order chi connectivity index (χ1) is 15.2. The van der Waals surface area contributed by atoms with Crippen molar-refractivity contribution in [1.29, 1.82) is 0 Å². The summed E-state index contributed by atoms with van der Waals surface area (Å²) < 4.78 is 8.29. The predicted molar refractivity (Wildman–Crippen MR) is 113 cm³/mol. The third-order valence-electron chi connectivity index (χ3n) is 5.06. The topological polar surface area (TPSA) is 104 Å². The Morgan fingerprint density at radius 2 is 1.84 bits per heavy atom. The number of benzene rings is 2. The van der Waals surface area contributed by atoms with Gasteiger partial charge in [0.2, 0.25) is 0 Å². The smallest absolute Gasteiger partial charge is 0.328 e. The molecule has 4 aromatic rings. The number of ether oxygens (including phenoxy) is 1. The van der Waals surface area contributed by atoms with Crippen LogP contribution in [0.25, 0.3) is 16.7 Å². The van der Waals surface area contributed by atoms with Crippen LogP contribution in [0.5, 0.6) is 0 Å². The van der Waals surface area contributed by atoms with E-state index in [1.807, 2.05) is 60.7 Å². The van der Waals surface area contributed by atoms with Gasteiger partial charge < -0.3 is 10.1 Å². The van der Waals surface area contributed by atoms with Gasteiger partial charge in [0.05, 0.1) is 16.9 Å². The lowest BCUT2D eigenvalue weighted by atomic mass is 10.3. The van der Waals surface area contributed by atoms with Gasteiger partial charge in [0.15, 0.2) is 6.61 Å². The molecule has 0 atom stereocenters. The fourth-order valence-electron chi connectivity index (χ4n) is 3.36. The van der Waals surface area contributed by atoms with Gasteiger partial charge in [0.25, 0.3) is 5.91 Å². The van der Waals surface area contributed by atoms with Gasteiger partial charge in [-0.2, -0.15) is 5.10 Å². The molecule has 2 heterocycles. The van der Waals surface area contributed by atoms with Crippen molar-refractivity contribution in [3.8, 4) is 5.69 Å². The van der Waals surface area contributed by atoms with E-state index in [0.29, 0.717) is 17.3 Å². The van der Waals surface area contributed by atoms with E-state index in [2.05, 4.69) is 20.7 Å². The molecule has 0 spiro atoms. The van der Waals surface area contributed by atoms with E-state index in [9.17, 15) is 9.59 Å². The van der Waals surface area contributed by atoms with Crippen molar-refractivity contribution >= 4 is 28.7 Å². The number of anilines is 1. The van der Waals surface area contributed by atoms with Crippen LogP contribution < -0.4 is 5.32 Å². The van der Waals surface area contributed by atoms with Crippen LogP contribution in [-0.4, -0.2) is 43.3 Å². The number of para-hydroxylation sites is 2. The van der Waals surface area contributed by atoms with E-state index in [-0.39, 0.29) is 6.54 Å². The van der Waals surface area contributed by atoms with Crippen molar-refractivity contribution < 1.29 is 14.3 Å². The molecule has 2 aromatic carbocycles. The first kappa shape index (κ1) is 19.0. The summed E-state index contributed by atoms with van der Waals surface area (Å²) in [6.07, 6.45) is 2.21. The first-order valence-electron chi connectivity index (χ1n) is 10.1. The van der Waals surface area contributed by atoms with E-state index in [1.165, 1.54) is 4.68 Å². The Morgan fingerprint density at radius 1 is 1.06 bits per heavy atom. The first-order valence-corrected chi connectivity index (χ1v) is 10.1. The Hall–Kier alpha value is -4.01. The lowest BCUT2D eigenvalue weighted by molar-refractivity contribution is -0.148. The zero-order valence-corrected chi connectivity index (χ0v) is 16.6. The molecule has 1 N–H and O–H groups in total. The van der Waals surface area contributed by atoms with E-state index < -0.39 is 18.5 Å². The molecule has 0 saturated heterocycles. The highest BCUT2D eigenvalue weighted by Gasteiger charge is 2.28. The monoisotopic (exact) mass is 416 g/mol. The quantitative estimate of drug-likeness (QED) is 0.465. The zero-order chi connectivity index (χ0) is 21.2. The maximum absolute atomic E-state index is 12.4. The predicted octanol–water partition coefficient (Wildman–Crippen LogP) is 2.68.